The van der Waals surface area contributed by atoms with Crippen molar-refractivity contribution in [2.45, 2.75) is 25.8 Å². The van der Waals surface area contributed by atoms with E-state index in [0.29, 0.717) is 18.9 Å². The van der Waals surface area contributed by atoms with Gasteiger partial charge in [-0.2, -0.15) is 5.26 Å². The fraction of sp³-hybridized carbons (Fsp3) is 0.571. The van der Waals surface area contributed by atoms with Crippen LogP contribution < -0.4 is 4.90 Å². The van der Waals surface area contributed by atoms with Crippen LogP contribution in [0.15, 0.2) is 18.3 Å². The van der Waals surface area contributed by atoms with Gasteiger partial charge in [0.25, 0.3) is 0 Å². The van der Waals surface area contributed by atoms with E-state index in [1.54, 1.807) is 12.3 Å². The number of pyridine rings is 1. The summed E-state index contributed by atoms with van der Waals surface area (Å²) in [5, 5.41) is 20.3. The monoisotopic (exact) mass is 289 g/mol. The van der Waals surface area contributed by atoms with Gasteiger partial charge < -0.3 is 4.90 Å². The highest BCUT2D eigenvalue weighted by molar-refractivity contribution is 5.57. The SMILES string of the molecule is CCCC(C#N)N1CCN(c2ncccc2[N+](=O)[O-])CC1. The maximum Gasteiger partial charge on any atom is 0.311 e. The molecule has 112 valence electrons. The van der Waals surface area contributed by atoms with Crippen LogP contribution in [-0.4, -0.2) is 47.0 Å². The first-order chi connectivity index (χ1) is 10.2. The summed E-state index contributed by atoms with van der Waals surface area (Å²) in [5.74, 6) is 0.422. The smallest absolute Gasteiger partial charge is 0.311 e. The predicted octanol–water partition coefficient (Wildman–Crippen LogP) is 1.80. The van der Waals surface area contributed by atoms with E-state index in [0.717, 1.165) is 25.9 Å². The third-order valence-corrected chi connectivity index (χ3v) is 3.73. The minimum absolute atomic E-state index is 0.0383. The molecule has 0 aromatic carbocycles. The highest BCUT2D eigenvalue weighted by Gasteiger charge is 2.27. The summed E-state index contributed by atoms with van der Waals surface area (Å²) < 4.78 is 0. The molecule has 7 nitrogen and oxygen atoms in total. The van der Waals surface area contributed by atoms with Gasteiger partial charge in [0.05, 0.1) is 17.0 Å². The number of aromatic nitrogens is 1. The molecule has 1 aliphatic rings. The highest BCUT2D eigenvalue weighted by Crippen LogP contribution is 2.26. The van der Waals surface area contributed by atoms with Crippen LogP contribution >= 0.6 is 0 Å². The second-order valence-electron chi connectivity index (χ2n) is 5.06. The van der Waals surface area contributed by atoms with Crippen LogP contribution in [0.4, 0.5) is 11.5 Å². The van der Waals surface area contributed by atoms with E-state index in [-0.39, 0.29) is 11.7 Å². The van der Waals surface area contributed by atoms with Crippen molar-refractivity contribution in [3.8, 4) is 6.07 Å². The lowest BCUT2D eigenvalue weighted by molar-refractivity contribution is -0.384. The number of hydrogen-bond donors (Lipinski definition) is 0. The lowest BCUT2D eigenvalue weighted by atomic mass is 10.1. The molecule has 1 aromatic rings. The molecule has 1 unspecified atom stereocenters. The number of nitriles is 1. The molecule has 0 aliphatic carbocycles. The van der Waals surface area contributed by atoms with Crippen molar-refractivity contribution in [1.29, 1.82) is 5.26 Å². The summed E-state index contributed by atoms with van der Waals surface area (Å²) >= 11 is 0. The zero-order valence-corrected chi connectivity index (χ0v) is 12.1. The summed E-state index contributed by atoms with van der Waals surface area (Å²) in [5.41, 5.74) is 0.0383. The average molecular weight is 289 g/mol. The Morgan fingerprint density at radius 2 is 2.19 bits per heavy atom. The van der Waals surface area contributed by atoms with E-state index in [1.807, 2.05) is 4.90 Å². The minimum Gasteiger partial charge on any atom is -0.348 e. The van der Waals surface area contributed by atoms with Crippen LogP contribution in [0, 0.1) is 21.4 Å². The first-order valence-electron chi connectivity index (χ1n) is 7.15. The summed E-state index contributed by atoms with van der Waals surface area (Å²) in [6.45, 7) is 4.83. The Labute approximate surface area is 123 Å². The number of nitro groups is 1. The molecule has 2 rings (SSSR count). The first kappa shape index (κ1) is 15.2. The van der Waals surface area contributed by atoms with E-state index in [1.165, 1.54) is 6.07 Å². The van der Waals surface area contributed by atoms with Crippen molar-refractivity contribution in [3.63, 3.8) is 0 Å². The Balaban J connectivity index is 2.05. The summed E-state index contributed by atoms with van der Waals surface area (Å²) in [4.78, 5) is 18.9. The van der Waals surface area contributed by atoms with Crippen molar-refractivity contribution < 1.29 is 4.92 Å². The second kappa shape index (κ2) is 6.99. The Hall–Kier alpha value is -2.20. The van der Waals surface area contributed by atoms with Gasteiger partial charge in [-0.25, -0.2) is 4.98 Å². The Morgan fingerprint density at radius 1 is 1.48 bits per heavy atom. The van der Waals surface area contributed by atoms with Gasteiger partial charge in [0.15, 0.2) is 0 Å². The Kier molecular flexibility index (Phi) is 5.06. The molecule has 0 bridgehead atoms. The number of anilines is 1. The Bertz CT molecular complexity index is 534. The van der Waals surface area contributed by atoms with Crippen LogP contribution in [0.2, 0.25) is 0 Å². The van der Waals surface area contributed by atoms with Crippen molar-refractivity contribution in [2.75, 3.05) is 31.1 Å². The lowest BCUT2D eigenvalue weighted by Crippen LogP contribution is -2.50. The molecule has 0 saturated carbocycles. The maximum atomic E-state index is 11.1. The summed E-state index contributed by atoms with van der Waals surface area (Å²) in [6.07, 6.45) is 3.41. The number of hydrogen-bond acceptors (Lipinski definition) is 6. The normalized spacial score (nSPS) is 17.2. The van der Waals surface area contributed by atoms with E-state index < -0.39 is 4.92 Å². The molecule has 1 fully saturated rings. The number of rotatable bonds is 5. The van der Waals surface area contributed by atoms with Crippen LogP contribution in [-0.2, 0) is 0 Å². The van der Waals surface area contributed by atoms with Gasteiger partial charge in [0.2, 0.25) is 5.82 Å². The Morgan fingerprint density at radius 3 is 2.76 bits per heavy atom. The second-order valence-corrected chi connectivity index (χ2v) is 5.06. The van der Waals surface area contributed by atoms with Crippen LogP contribution in [0.3, 0.4) is 0 Å². The van der Waals surface area contributed by atoms with Gasteiger partial charge in [-0.15, -0.1) is 0 Å². The average Bonchev–Trinajstić information content (AvgIpc) is 2.53. The fourth-order valence-corrected chi connectivity index (χ4v) is 2.62. The first-order valence-corrected chi connectivity index (χ1v) is 7.15. The zero-order chi connectivity index (χ0) is 15.2. The third-order valence-electron chi connectivity index (χ3n) is 3.73. The van der Waals surface area contributed by atoms with Gasteiger partial charge in [0.1, 0.15) is 0 Å². The van der Waals surface area contributed by atoms with Crippen LogP contribution in [0.25, 0.3) is 0 Å². The molecular formula is C14H19N5O2. The molecule has 1 saturated heterocycles. The fourth-order valence-electron chi connectivity index (χ4n) is 2.62. The molecule has 0 N–H and O–H groups in total. The molecule has 2 heterocycles. The molecular weight excluding hydrogens is 270 g/mol. The number of nitrogens with zero attached hydrogens (tertiary/aromatic N) is 5. The van der Waals surface area contributed by atoms with Gasteiger partial charge in [-0.3, -0.25) is 15.0 Å². The molecule has 1 atom stereocenters. The van der Waals surface area contributed by atoms with Crippen molar-refractivity contribution in [2.24, 2.45) is 0 Å². The highest BCUT2D eigenvalue weighted by atomic mass is 16.6. The van der Waals surface area contributed by atoms with Crippen molar-refractivity contribution in [3.05, 3.63) is 28.4 Å². The van der Waals surface area contributed by atoms with E-state index >= 15 is 0 Å². The molecule has 7 heteroatoms. The topological polar surface area (TPSA) is 86.3 Å². The summed E-state index contributed by atoms with van der Waals surface area (Å²) in [7, 11) is 0. The molecule has 21 heavy (non-hydrogen) atoms. The maximum absolute atomic E-state index is 11.1. The lowest BCUT2D eigenvalue weighted by Gasteiger charge is -2.37. The van der Waals surface area contributed by atoms with Gasteiger partial charge in [-0.05, 0) is 12.5 Å². The predicted molar refractivity (Wildman–Crippen MR) is 79.0 cm³/mol. The number of piperazine rings is 1. The van der Waals surface area contributed by atoms with Gasteiger partial charge >= 0.3 is 5.69 Å². The van der Waals surface area contributed by atoms with E-state index in [4.69, 9.17) is 0 Å². The van der Waals surface area contributed by atoms with Gasteiger partial charge in [-0.1, -0.05) is 13.3 Å². The van der Waals surface area contributed by atoms with Crippen LogP contribution in [0.1, 0.15) is 19.8 Å². The van der Waals surface area contributed by atoms with Crippen molar-refractivity contribution >= 4 is 11.5 Å². The molecule has 0 radical (unpaired) electrons. The van der Waals surface area contributed by atoms with Gasteiger partial charge in [0, 0.05) is 38.4 Å². The largest absolute Gasteiger partial charge is 0.348 e. The van der Waals surface area contributed by atoms with Crippen molar-refractivity contribution in [1.82, 2.24) is 9.88 Å². The van der Waals surface area contributed by atoms with E-state index in [9.17, 15) is 15.4 Å². The zero-order valence-electron chi connectivity index (χ0n) is 12.1. The quantitative estimate of drug-likeness (QED) is 0.607. The molecule has 1 aliphatic heterocycles. The van der Waals surface area contributed by atoms with Crippen LogP contribution in [0.5, 0.6) is 0 Å². The standard InChI is InChI=1S/C14H19N5O2/c1-2-4-12(11-15)17-7-9-18(10-8-17)14-13(19(20)21)5-3-6-16-14/h3,5-6,12H,2,4,7-10H2,1H3. The molecule has 0 amide bonds. The molecule has 0 spiro atoms. The summed E-state index contributed by atoms with van der Waals surface area (Å²) in [6, 6.07) is 5.33. The minimum atomic E-state index is -0.399. The third kappa shape index (κ3) is 3.47. The van der Waals surface area contributed by atoms with E-state index in [2.05, 4.69) is 22.9 Å². The molecule has 1 aromatic heterocycles.